The van der Waals surface area contributed by atoms with Gasteiger partial charge in [0.1, 0.15) is 17.8 Å². The van der Waals surface area contributed by atoms with E-state index in [1.807, 2.05) is 9.80 Å². The molecular formula is C20H22F3N7O2. The van der Waals surface area contributed by atoms with E-state index in [9.17, 15) is 18.0 Å². The predicted octanol–water partition coefficient (Wildman–Crippen LogP) is 2.46. The Morgan fingerprint density at radius 3 is 2.50 bits per heavy atom. The van der Waals surface area contributed by atoms with Gasteiger partial charge >= 0.3 is 12.2 Å². The fraction of sp³-hybridized carbons (Fsp3) is 0.650. The van der Waals surface area contributed by atoms with Gasteiger partial charge in [-0.3, -0.25) is 5.10 Å². The van der Waals surface area contributed by atoms with Crippen LogP contribution in [-0.2, 0) is 6.18 Å². The first-order chi connectivity index (χ1) is 15.3. The van der Waals surface area contributed by atoms with E-state index in [4.69, 9.17) is 4.74 Å². The highest BCUT2D eigenvalue weighted by atomic mass is 19.4. The number of rotatable bonds is 4. The molecule has 9 nitrogen and oxygen atoms in total. The molecule has 0 radical (unpaired) electrons. The molecule has 32 heavy (non-hydrogen) atoms. The van der Waals surface area contributed by atoms with Gasteiger partial charge in [0.2, 0.25) is 5.88 Å². The minimum atomic E-state index is -4.51. The number of ether oxygens (including phenoxy) is 1. The summed E-state index contributed by atoms with van der Waals surface area (Å²) in [6.45, 7) is 2.88. The Labute approximate surface area is 181 Å². The maximum absolute atomic E-state index is 12.8. The van der Waals surface area contributed by atoms with Crippen LogP contribution in [0.15, 0.2) is 18.7 Å². The van der Waals surface area contributed by atoms with Crippen LogP contribution >= 0.6 is 0 Å². The van der Waals surface area contributed by atoms with Crippen LogP contribution in [0.3, 0.4) is 0 Å². The van der Waals surface area contributed by atoms with Crippen LogP contribution in [0.25, 0.3) is 0 Å². The quantitative estimate of drug-likeness (QED) is 0.770. The zero-order valence-corrected chi connectivity index (χ0v) is 17.2. The van der Waals surface area contributed by atoms with Gasteiger partial charge < -0.3 is 14.5 Å². The summed E-state index contributed by atoms with van der Waals surface area (Å²) < 4.78 is 43.7. The molecule has 5 fully saturated rings. The molecule has 1 atom stereocenters. The third-order valence-corrected chi connectivity index (χ3v) is 7.56. The molecule has 2 amide bonds. The Hall–Kier alpha value is -2.92. The van der Waals surface area contributed by atoms with E-state index in [0.29, 0.717) is 18.7 Å². The number of carbonyl (C=O) groups excluding carboxylic acids is 1. The van der Waals surface area contributed by atoms with Gasteiger partial charge in [0, 0.05) is 38.0 Å². The predicted molar refractivity (Wildman–Crippen MR) is 102 cm³/mol. The number of hydrogen-bond acceptors (Lipinski definition) is 6. The van der Waals surface area contributed by atoms with E-state index in [0.717, 1.165) is 57.3 Å². The molecule has 1 N–H and O–H groups in total. The van der Waals surface area contributed by atoms with E-state index in [1.54, 1.807) is 0 Å². The van der Waals surface area contributed by atoms with Crippen molar-refractivity contribution < 1.29 is 22.7 Å². The molecule has 2 saturated heterocycles. The van der Waals surface area contributed by atoms with Gasteiger partial charge in [0.15, 0.2) is 5.69 Å². The molecule has 3 saturated carbocycles. The number of nitrogens with one attached hydrogen (secondary N) is 1. The largest absolute Gasteiger partial charge is 0.470 e. The molecule has 0 aromatic carbocycles. The van der Waals surface area contributed by atoms with Gasteiger partial charge in [-0.1, -0.05) is 0 Å². The number of urea groups is 1. The molecule has 7 rings (SSSR count). The summed E-state index contributed by atoms with van der Waals surface area (Å²) in [5.41, 5.74) is -1.18. The van der Waals surface area contributed by atoms with Crippen molar-refractivity contribution in [1.29, 1.82) is 0 Å². The summed E-state index contributed by atoms with van der Waals surface area (Å²) in [5, 5.41) is 6.78. The molecule has 5 aliphatic rings. The number of alkyl halides is 3. The second kappa shape index (κ2) is 6.55. The molecule has 2 aliphatic heterocycles. The van der Waals surface area contributed by atoms with Crippen molar-refractivity contribution in [2.24, 2.45) is 11.3 Å². The summed E-state index contributed by atoms with van der Waals surface area (Å²) in [6.07, 6.45) is 2.18. The Morgan fingerprint density at radius 2 is 1.88 bits per heavy atom. The fourth-order valence-corrected chi connectivity index (χ4v) is 5.84. The standard InChI is InChI=1S/C20H22F3N7O2/c21-20(22,23)14-3-25-15(4-24-14)32-19-8-18(9-19,10-19)13-6-30(7-13)17(31)29-2-1-12(5-29)16-26-11-27-28-16/h3-4,11-13H,1-2,5-10H2,(H,26,27,28)/t12-,18?,19?/m0/s1. The second-order valence-corrected chi connectivity index (χ2v) is 9.60. The Balaban J connectivity index is 0.980. The lowest BCUT2D eigenvalue weighted by Gasteiger charge is -2.73. The van der Waals surface area contributed by atoms with Gasteiger partial charge in [0.25, 0.3) is 0 Å². The molecule has 0 unspecified atom stereocenters. The van der Waals surface area contributed by atoms with Gasteiger partial charge in [0.05, 0.1) is 12.4 Å². The average Bonchev–Trinajstić information content (AvgIpc) is 3.34. The molecule has 0 spiro atoms. The van der Waals surface area contributed by atoms with Crippen LogP contribution in [0.2, 0.25) is 0 Å². The number of aromatic amines is 1. The lowest BCUT2D eigenvalue weighted by molar-refractivity contribution is -0.283. The number of halogens is 3. The van der Waals surface area contributed by atoms with Gasteiger partial charge in [-0.25, -0.2) is 19.7 Å². The van der Waals surface area contributed by atoms with Gasteiger partial charge in [-0.15, -0.1) is 0 Å². The topological polar surface area (TPSA) is 100 Å². The Kier molecular flexibility index (Phi) is 4.04. The zero-order chi connectivity index (χ0) is 22.1. The SMILES string of the molecule is O=C(N1CC(C23CC(Oc4cnc(C(F)(F)F)cn4)(C2)C3)C1)N1CC[C@H](c2ncn[nH]2)C1. The Bertz CT molecular complexity index is 1000. The molecular weight excluding hydrogens is 427 g/mol. The third kappa shape index (κ3) is 3.02. The number of carbonyl (C=O) groups is 1. The second-order valence-electron chi connectivity index (χ2n) is 9.60. The first kappa shape index (κ1) is 19.7. The number of likely N-dealkylation sites (tertiary alicyclic amines) is 2. The molecule has 3 aliphatic carbocycles. The molecule has 12 heteroatoms. The summed E-state index contributed by atoms with van der Waals surface area (Å²) in [4.78, 5) is 28.0. The van der Waals surface area contributed by atoms with Gasteiger partial charge in [-0.2, -0.15) is 18.3 Å². The van der Waals surface area contributed by atoms with E-state index < -0.39 is 11.9 Å². The molecule has 2 aromatic rings. The lowest BCUT2D eigenvalue weighted by atomic mass is 9.36. The van der Waals surface area contributed by atoms with E-state index in [1.165, 1.54) is 6.33 Å². The zero-order valence-electron chi connectivity index (χ0n) is 17.2. The van der Waals surface area contributed by atoms with Crippen LogP contribution in [0.1, 0.15) is 43.1 Å². The van der Waals surface area contributed by atoms with E-state index in [-0.39, 0.29) is 28.8 Å². The number of nitrogens with zero attached hydrogens (tertiary/aromatic N) is 6. The van der Waals surface area contributed by atoms with Crippen LogP contribution in [-0.4, -0.2) is 72.8 Å². The van der Waals surface area contributed by atoms with Crippen molar-refractivity contribution in [3.8, 4) is 5.88 Å². The highest BCUT2D eigenvalue weighted by molar-refractivity contribution is 5.76. The van der Waals surface area contributed by atoms with E-state index >= 15 is 0 Å². The normalized spacial score (nSPS) is 31.7. The minimum Gasteiger partial charge on any atom is -0.470 e. The molecule has 2 bridgehead atoms. The van der Waals surface area contributed by atoms with Crippen LogP contribution in [0, 0.1) is 11.3 Å². The third-order valence-electron chi connectivity index (χ3n) is 7.56. The summed E-state index contributed by atoms with van der Waals surface area (Å²) in [5.74, 6) is 1.62. The van der Waals surface area contributed by atoms with Gasteiger partial charge in [-0.05, 0) is 31.1 Å². The first-order valence-electron chi connectivity index (χ1n) is 10.7. The number of amides is 2. The van der Waals surface area contributed by atoms with Crippen LogP contribution < -0.4 is 4.74 Å². The van der Waals surface area contributed by atoms with Crippen LogP contribution in [0.4, 0.5) is 18.0 Å². The lowest BCUT2D eigenvalue weighted by Crippen LogP contribution is -2.77. The summed E-state index contributed by atoms with van der Waals surface area (Å²) in [7, 11) is 0. The van der Waals surface area contributed by atoms with E-state index in [2.05, 4.69) is 25.1 Å². The van der Waals surface area contributed by atoms with Crippen molar-refractivity contribution >= 4 is 6.03 Å². The maximum Gasteiger partial charge on any atom is 0.434 e. The highest BCUT2D eigenvalue weighted by Crippen LogP contribution is 2.73. The van der Waals surface area contributed by atoms with Crippen molar-refractivity contribution in [2.75, 3.05) is 26.2 Å². The smallest absolute Gasteiger partial charge is 0.434 e. The fourth-order valence-electron chi connectivity index (χ4n) is 5.84. The monoisotopic (exact) mass is 449 g/mol. The van der Waals surface area contributed by atoms with Crippen LogP contribution in [0.5, 0.6) is 5.88 Å². The van der Waals surface area contributed by atoms with Crippen molar-refractivity contribution in [1.82, 2.24) is 34.9 Å². The minimum absolute atomic E-state index is 0.0841. The van der Waals surface area contributed by atoms with Crippen molar-refractivity contribution in [3.05, 3.63) is 30.2 Å². The average molecular weight is 449 g/mol. The summed E-state index contributed by atoms with van der Waals surface area (Å²) in [6, 6.07) is 0.0841. The summed E-state index contributed by atoms with van der Waals surface area (Å²) >= 11 is 0. The number of aromatic nitrogens is 5. The highest BCUT2D eigenvalue weighted by Gasteiger charge is 2.74. The van der Waals surface area contributed by atoms with Crippen molar-refractivity contribution in [3.63, 3.8) is 0 Å². The van der Waals surface area contributed by atoms with Crippen molar-refractivity contribution in [2.45, 2.75) is 43.4 Å². The Morgan fingerprint density at radius 1 is 1.09 bits per heavy atom. The number of hydrogen-bond donors (Lipinski definition) is 1. The number of H-pyrrole nitrogens is 1. The molecule has 170 valence electrons. The molecule has 2 aromatic heterocycles. The maximum atomic E-state index is 12.8. The first-order valence-corrected chi connectivity index (χ1v) is 10.7. The molecule has 4 heterocycles.